The van der Waals surface area contributed by atoms with Gasteiger partial charge in [0.15, 0.2) is 6.17 Å². The molecule has 2 aromatic carbocycles. The van der Waals surface area contributed by atoms with Crippen LogP contribution in [-0.4, -0.2) is 16.9 Å². The minimum Gasteiger partial charge on any atom is -0.496 e. The molecular formula is C20H21N3O. The second kappa shape index (κ2) is 5.41. The van der Waals surface area contributed by atoms with E-state index in [1.807, 2.05) is 25.1 Å². The van der Waals surface area contributed by atoms with Gasteiger partial charge in [-0.1, -0.05) is 29.8 Å². The first-order chi connectivity index (χ1) is 11.6. The molecule has 0 bridgehead atoms. The molecule has 0 saturated heterocycles. The topological polar surface area (TPSA) is 39.1 Å². The van der Waals surface area contributed by atoms with Crippen LogP contribution in [0.5, 0.6) is 5.75 Å². The summed E-state index contributed by atoms with van der Waals surface area (Å²) in [5, 5.41) is 8.41. The van der Waals surface area contributed by atoms with Crippen molar-refractivity contribution in [3.63, 3.8) is 0 Å². The lowest BCUT2D eigenvalue weighted by Gasteiger charge is -2.31. The monoisotopic (exact) mass is 319 g/mol. The number of rotatable bonds is 2. The zero-order valence-corrected chi connectivity index (χ0v) is 14.4. The number of aryl methyl sites for hydroxylation is 3. The summed E-state index contributed by atoms with van der Waals surface area (Å²) >= 11 is 0. The van der Waals surface area contributed by atoms with E-state index in [1.54, 1.807) is 7.11 Å². The molecule has 4 nitrogen and oxygen atoms in total. The van der Waals surface area contributed by atoms with Crippen LogP contribution in [0.2, 0.25) is 0 Å². The van der Waals surface area contributed by atoms with Crippen LogP contribution in [0.1, 0.15) is 28.6 Å². The zero-order valence-electron chi connectivity index (χ0n) is 14.4. The van der Waals surface area contributed by atoms with Crippen LogP contribution in [0.4, 0.5) is 5.69 Å². The third-order valence-corrected chi connectivity index (χ3v) is 4.57. The Bertz CT molecular complexity index is 927. The number of hydrogen-bond donors (Lipinski definition) is 1. The smallest absolute Gasteiger partial charge is 0.150 e. The maximum absolute atomic E-state index is 5.58. The molecule has 0 fully saturated rings. The number of ether oxygens (including phenoxy) is 1. The quantitative estimate of drug-likeness (QED) is 0.758. The van der Waals surface area contributed by atoms with Gasteiger partial charge in [-0.2, -0.15) is 5.10 Å². The number of fused-ring (bicyclic) bond motifs is 3. The molecule has 4 heteroatoms. The summed E-state index contributed by atoms with van der Waals surface area (Å²) in [7, 11) is 1.71. The Kier molecular flexibility index (Phi) is 3.34. The van der Waals surface area contributed by atoms with Gasteiger partial charge in [-0.25, -0.2) is 4.68 Å². The van der Waals surface area contributed by atoms with Gasteiger partial charge in [-0.15, -0.1) is 0 Å². The Balaban J connectivity index is 1.96. The SMILES string of the molecule is COc1ccccc1[C@H]1Nc2c(C)cc(C)cc2-c2cc(C)nn21. The normalized spacial score (nSPS) is 15.4. The molecule has 0 radical (unpaired) electrons. The van der Waals surface area contributed by atoms with Gasteiger partial charge in [0, 0.05) is 16.8 Å². The summed E-state index contributed by atoms with van der Waals surface area (Å²) in [6.07, 6.45) is -0.0845. The van der Waals surface area contributed by atoms with Crippen molar-refractivity contribution in [2.45, 2.75) is 26.9 Å². The van der Waals surface area contributed by atoms with E-state index < -0.39 is 0 Å². The fourth-order valence-corrected chi connectivity index (χ4v) is 3.58. The lowest BCUT2D eigenvalue weighted by Crippen LogP contribution is -2.26. The molecule has 1 N–H and O–H groups in total. The number of anilines is 1. The molecule has 122 valence electrons. The van der Waals surface area contributed by atoms with E-state index >= 15 is 0 Å². The summed E-state index contributed by atoms with van der Waals surface area (Å²) in [5.41, 5.74) is 8.12. The van der Waals surface area contributed by atoms with E-state index in [1.165, 1.54) is 22.4 Å². The summed E-state index contributed by atoms with van der Waals surface area (Å²) in [5.74, 6) is 0.863. The lowest BCUT2D eigenvalue weighted by atomic mass is 9.98. The molecule has 0 spiro atoms. The second-order valence-corrected chi connectivity index (χ2v) is 6.41. The highest BCUT2D eigenvalue weighted by atomic mass is 16.5. The van der Waals surface area contributed by atoms with E-state index in [2.05, 4.69) is 48.1 Å². The molecule has 0 amide bonds. The van der Waals surface area contributed by atoms with E-state index in [0.717, 1.165) is 22.7 Å². The largest absolute Gasteiger partial charge is 0.496 e. The van der Waals surface area contributed by atoms with Crippen LogP contribution in [-0.2, 0) is 0 Å². The number of hydrogen-bond acceptors (Lipinski definition) is 3. The molecule has 1 aliphatic rings. The number of nitrogens with one attached hydrogen (secondary N) is 1. The number of para-hydroxylation sites is 1. The van der Waals surface area contributed by atoms with Gasteiger partial charge in [-0.05, 0) is 44.5 Å². The first kappa shape index (κ1) is 14.8. The summed E-state index contributed by atoms with van der Waals surface area (Å²) in [4.78, 5) is 0. The highest BCUT2D eigenvalue weighted by Crippen LogP contribution is 2.42. The second-order valence-electron chi connectivity index (χ2n) is 6.41. The molecule has 0 aliphatic carbocycles. The Morgan fingerprint density at radius 2 is 1.88 bits per heavy atom. The van der Waals surface area contributed by atoms with Crippen LogP contribution in [0.25, 0.3) is 11.3 Å². The fourth-order valence-electron chi connectivity index (χ4n) is 3.58. The van der Waals surface area contributed by atoms with E-state index in [4.69, 9.17) is 9.84 Å². The van der Waals surface area contributed by atoms with Crippen LogP contribution in [0, 0.1) is 20.8 Å². The summed E-state index contributed by atoms with van der Waals surface area (Å²) < 4.78 is 7.64. The molecule has 0 unspecified atom stereocenters. The lowest BCUT2D eigenvalue weighted by molar-refractivity contribution is 0.401. The van der Waals surface area contributed by atoms with Crippen molar-refractivity contribution in [2.75, 3.05) is 12.4 Å². The Hall–Kier alpha value is -2.75. The van der Waals surface area contributed by atoms with Gasteiger partial charge in [0.25, 0.3) is 0 Å². The fraction of sp³-hybridized carbons (Fsp3) is 0.250. The average molecular weight is 319 g/mol. The molecule has 0 saturated carbocycles. The summed E-state index contributed by atoms with van der Waals surface area (Å²) in [6.45, 7) is 6.32. The first-order valence-electron chi connectivity index (χ1n) is 8.15. The minimum absolute atomic E-state index is 0.0845. The number of methoxy groups -OCH3 is 1. The van der Waals surface area contributed by atoms with Crippen molar-refractivity contribution >= 4 is 5.69 Å². The molecule has 24 heavy (non-hydrogen) atoms. The van der Waals surface area contributed by atoms with Crippen LogP contribution in [0.15, 0.2) is 42.5 Å². The first-order valence-corrected chi connectivity index (χ1v) is 8.15. The van der Waals surface area contributed by atoms with Gasteiger partial charge in [-0.3, -0.25) is 0 Å². The van der Waals surface area contributed by atoms with Crippen molar-refractivity contribution in [1.82, 2.24) is 9.78 Å². The van der Waals surface area contributed by atoms with Gasteiger partial charge >= 0.3 is 0 Å². The molecule has 1 atom stereocenters. The van der Waals surface area contributed by atoms with Gasteiger partial charge in [0.2, 0.25) is 0 Å². The number of nitrogens with zero attached hydrogens (tertiary/aromatic N) is 2. The van der Waals surface area contributed by atoms with Gasteiger partial charge in [0.1, 0.15) is 5.75 Å². The van der Waals surface area contributed by atoms with Gasteiger partial charge in [0.05, 0.1) is 18.5 Å². The molecule has 1 aliphatic heterocycles. The third kappa shape index (κ3) is 2.18. The van der Waals surface area contributed by atoms with E-state index in [-0.39, 0.29) is 6.17 Å². The predicted octanol–water partition coefficient (Wildman–Crippen LogP) is 4.46. The standard InChI is InChI=1S/C20H21N3O/c1-12-9-13(2)19-16(10-12)17-11-14(3)22-23(17)20(21-19)15-7-5-6-8-18(15)24-4/h5-11,20-21H,1-4H3/t20-/m0/s1. The van der Waals surface area contributed by atoms with Crippen molar-refractivity contribution in [3.05, 3.63) is 64.8 Å². The highest BCUT2D eigenvalue weighted by molar-refractivity contribution is 5.82. The van der Waals surface area contributed by atoms with Crippen molar-refractivity contribution < 1.29 is 4.74 Å². The Morgan fingerprint density at radius 3 is 2.67 bits per heavy atom. The minimum atomic E-state index is -0.0845. The van der Waals surface area contributed by atoms with Crippen molar-refractivity contribution in [2.24, 2.45) is 0 Å². The molecule has 3 aromatic rings. The Morgan fingerprint density at radius 1 is 1.08 bits per heavy atom. The average Bonchev–Trinajstić information content (AvgIpc) is 2.96. The third-order valence-electron chi connectivity index (χ3n) is 4.57. The summed E-state index contributed by atoms with van der Waals surface area (Å²) in [6, 6.07) is 14.7. The van der Waals surface area contributed by atoms with Crippen molar-refractivity contribution in [1.29, 1.82) is 0 Å². The van der Waals surface area contributed by atoms with Crippen LogP contribution >= 0.6 is 0 Å². The van der Waals surface area contributed by atoms with E-state index in [0.29, 0.717) is 0 Å². The van der Waals surface area contributed by atoms with Crippen LogP contribution < -0.4 is 10.1 Å². The van der Waals surface area contributed by atoms with Crippen molar-refractivity contribution in [3.8, 4) is 17.0 Å². The molecule has 4 rings (SSSR count). The molecular weight excluding hydrogens is 298 g/mol. The zero-order chi connectivity index (χ0) is 16.8. The maximum atomic E-state index is 5.58. The Labute approximate surface area is 142 Å². The molecule has 2 heterocycles. The molecule has 1 aromatic heterocycles. The number of benzene rings is 2. The van der Waals surface area contributed by atoms with Crippen LogP contribution in [0.3, 0.4) is 0 Å². The number of aromatic nitrogens is 2. The highest BCUT2D eigenvalue weighted by Gasteiger charge is 2.29. The predicted molar refractivity (Wildman–Crippen MR) is 96.6 cm³/mol. The maximum Gasteiger partial charge on any atom is 0.150 e. The van der Waals surface area contributed by atoms with Gasteiger partial charge < -0.3 is 10.1 Å². The van der Waals surface area contributed by atoms with E-state index in [9.17, 15) is 0 Å².